The predicted molar refractivity (Wildman–Crippen MR) is 132 cm³/mol. The van der Waals surface area contributed by atoms with Crippen molar-refractivity contribution in [2.24, 2.45) is 0 Å². The Balaban J connectivity index is 1.22. The first-order valence-electron chi connectivity index (χ1n) is 11.3. The van der Waals surface area contributed by atoms with Gasteiger partial charge in [-0.05, 0) is 56.4 Å². The Morgan fingerprint density at radius 3 is 2.82 bits per heavy atom. The Labute approximate surface area is 201 Å². The van der Waals surface area contributed by atoms with Crippen LogP contribution >= 0.6 is 11.3 Å². The van der Waals surface area contributed by atoms with Crippen LogP contribution in [-0.4, -0.2) is 21.9 Å². The molecule has 0 saturated carbocycles. The second-order valence-corrected chi connectivity index (χ2v) is 9.36. The van der Waals surface area contributed by atoms with Crippen molar-refractivity contribution in [1.29, 1.82) is 0 Å². The fourth-order valence-corrected chi connectivity index (χ4v) is 5.33. The molecule has 2 aromatic heterocycles. The van der Waals surface area contributed by atoms with E-state index in [0.29, 0.717) is 22.9 Å². The molecule has 1 aliphatic carbocycles. The molecular weight excluding hydrogens is 450 g/mol. The number of carbonyl (C=O) groups is 1. The van der Waals surface area contributed by atoms with Crippen molar-refractivity contribution < 1.29 is 14.3 Å². The highest BCUT2D eigenvalue weighted by Crippen LogP contribution is 2.28. The molecule has 34 heavy (non-hydrogen) atoms. The number of ether oxygens (including phenoxy) is 2. The van der Waals surface area contributed by atoms with E-state index in [1.165, 1.54) is 4.88 Å². The van der Waals surface area contributed by atoms with Crippen LogP contribution in [0.5, 0.6) is 11.5 Å². The monoisotopic (exact) mass is 475 g/mol. The zero-order valence-electron chi connectivity index (χ0n) is 18.9. The van der Waals surface area contributed by atoms with Crippen molar-refractivity contribution in [3.8, 4) is 11.5 Å². The minimum Gasteiger partial charge on any atom is -0.487 e. The largest absolute Gasteiger partial charge is 0.487 e. The zero-order chi connectivity index (χ0) is 23.5. The van der Waals surface area contributed by atoms with Gasteiger partial charge in [-0.1, -0.05) is 24.3 Å². The lowest BCUT2D eigenvalue weighted by molar-refractivity contribution is -0.118. The summed E-state index contributed by atoms with van der Waals surface area (Å²) in [7, 11) is 0. The number of hydrogen-bond acceptors (Lipinski definition) is 6. The molecule has 0 radical (unpaired) electrons. The van der Waals surface area contributed by atoms with Gasteiger partial charge in [-0.3, -0.25) is 14.0 Å². The molecule has 2 aromatic carbocycles. The molecule has 0 saturated heterocycles. The van der Waals surface area contributed by atoms with E-state index in [0.717, 1.165) is 41.9 Å². The van der Waals surface area contributed by atoms with Crippen LogP contribution in [0.15, 0.2) is 59.4 Å². The standard InChI is InChI=1S/C26H25N3O4S/c1-17-7-2-4-11-22(17)33-16-24(30)27-18-8-6-9-20(13-18)32-15-19-14-25(31)29-21-10-3-5-12-23(21)34-26(29)28-19/h2,4,6-9,11,13-14H,3,5,10,12,15-16H2,1H3,(H,27,30). The highest BCUT2D eigenvalue weighted by molar-refractivity contribution is 7.17. The molecule has 1 aliphatic rings. The van der Waals surface area contributed by atoms with E-state index in [9.17, 15) is 9.59 Å². The molecule has 2 heterocycles. The smallest absolute Gasteiger partial charge is 0.262 e. The summed E-state index contributed by atoms with van der Waals surface area (Å²) in [6, 6.07) is 16.2. The van der Waals surface area contributed by atoms with E-state index in [4.69, 9.17) is 9.47 Å². The van der Waals surface area contributed by atoms with Gasteiger partial charge in [-0.15, -0.1) is 11.3 Å². The summed E-state index contributed by atoms with van der Waals surface area (Å²) >= 11 is 1.60. The average Bonchev–Trinajstić information content (AvgIpc) is 3.21. The lowest BCUT2D eigenvalue weighted by atomic mass is 10.0. The van der Waals surface area contributed by atoms with E-state index in [-0.39, 0.29) is 24.7 Å². The van der Waals surface area contributed by atoms with Crippen molar-refractivity contribution in [1.82, 2.24) is 9.38 Å². The van der Waals surface area contributed by atoms with Crippen LogP contribution in [-0.2, 0) is 24.2 Å². The number of nitrogens with one attached hydrogen (secondary N) is 1. The fourth-order valence-electron chi connectivity index (χ4n) is 4.10. The first kappa shape index (κ1) is 22.2. The van der Waals surface area contributed by atoms with Gasteiger partial charge in [-0.2, -0.15) is 0 Å². The number of thiazole rings is 1. The number of benzene rings is 2. The summed E-state index contributed by atoms with van der Waals surface area (Å²) in [6.07, 6.45) is 4.22. The van der Waals surface area contributed by atoms with Crippen LogP contribution in [0.3, 0.4) is 0 Å². The van der Waals surface area contributed by atoms with Gasteiger partial charge in [0.1, 0.15) is 18.1 Å². The molecule has 0 fully saturated rings. The lowest BCUT2D eigenvalue weighted by Gasteiger charge is -2.11. The number of aromatic nitrogens is 2. The third kappa shape index (κ3) is 4.82. The second-order valence-electron chi connectivity index (χ2n) is 8.30. The SMILES string of the molecule is Cc1ccccc1OCC(=O)Nc1cccc(OCc2cc(=O)n3c4c(sc3n2)CCCC4)c1. The number of fused-ring (bicyclic) bond motifs is 3. The summed E-state index contributed by atoms with van der Waals surface area (Å²) in [5.41, 5.74) is 3.22. The normalized spacial score (nSPS) is 12.9. The number of nitrogens with zero attached hydrogens (tertiary/aromatic N) is 2. The first-order chi connectivity index (χ1) is 16.6. The maximum atomic E-state index is 12.7. The Bertz CT molecular complexity index is 1410. The molecule has 0 atom stereocenters. The van der Waals surface area contributed by atoms with Gasteiger partial charge in [-0.25, -0.2) is 4.98 Å². The van der Waals surface area contributed by atoms with Crippen molar-refractivity contribution in [3.63, 3.8) is 0 Å². The van der Waals surface area contributed by atoms with Crippen molar-refractivity contribution in [2.45, 2.75) is 39.2 Å². The highest BCUT2D eigenvalue weighted by Gasteiger charge is 2.18. The molecule has 0 bridgehead atoms. The summed E-state index contributed by atoms with van der Waals surface area (Å²) < 4.78 is 13.2. The molecule has 1 amide bonds. The Hall–Kier alpha value is -3.65. The molecule has 5 rings (SSSR count). The number of rotatable bonds is 7. The van der Waals surface area contributed by atoms with Gasteiger partial charge >= 0.3 is 0 Å². The van der Waals surface area contributed by atoms with Gasteiger partial charge in [0.25, 0.3) is 11.5 Å². The fraction of sp³-hybridized carbons (Fsp3) is 0.269. The number of hydrogen-bond donors (Lipinski definition) is 1. The Kier molecular flexibility index (Phi) is 6.31. The quantitative estimate of drug-likeness (QED) is 0.424. The van der Waals surface area contributed by atoms with Crippen LogP contribution in [0.4, 0.5) is 5.69 Å². The number of carbonyl (C=O) groups excluding carboxylic acids is 1. The molecule has 0 unspecified atom stereocenters. The van der Waals surface area contributed by atoms with Gasteiger partial charge in [0.15, 0.2) is 11.6 Å². The topological polar surface area (TPSA) is 81.9 Å². The lowest BCUT2D eigenvalue weighted by Crippen LogP contribution is -2.20. The second kappa shape index (κ2) is 9.69. The number of aryl methyl sites for hydroxylation is 3. The van der Waals surface area contributed by atoms with Crippen molar-refractivity contribution >= 4 is 27.9 Å². The molecule has 8 heteroatoms. The minimum atomic E-state index is -0.262. The molecule has 174 valence electrons. The van der Waals surface area contributed by atoms with Gasteiger partial charge in [0, 0.05) is 28.4 Å². The van der Waals surface area contributed by atoms with Crippen LogP contribution in [0.25, 0.3) is 4.96 Å². The van der Waals surface area contributed by atoms with Gasteiger partial charge in [0.2, 0.25) is 0 Å². The van der Waals surface area contributed by atoms with Gasteiger partial charge in [0.05, 0.1) is 5.69 Å². The summed E-state index contributed by atoms with van der Waals surface area (Å²) in [5.74, 6) is 0.994. The van der Waals surface area contributed by atoms with Crippen LogP contribution in [0.1, 0.15) is 34.7 Å². The number of para-hydroxylation sites is 1. The molecule has 0 aliphatic heterocycles. The van der Waals surface area contributed by atoms with Crippen LogP contribution in [0.2, 0.25) is 0 Å². The average molecular weight is 476 g/mol. The number of amides is 1. The van der Waals surface area contributed by atoms with E-state index >= 15 is 0 Å². The summed E-state index contributed by atoms with van der Waals surface area (Å²) in [4.78, 5) is 31.7. The minimum absolute atomic E-state index is 0.0577. The van der Waals surface area contributed by atoms with E-state index in [2.05, 4.69) is 10.3 Å². The first-order valence-corrected chi connectivity index (χ1v) is 12.1. The maximum Gasteiger partial charge on any atom is 0.262 e. The Morgan fingerprint density at radius 1 is 1.09 bits per heavy atom. The molecule has 0 spiro atoms. The predicted octanol–water partition coefficient (Wildman–Crippen LogP) is 4.54. The third-order valence-corrected chi connectivity index (χ3v) is 6.91. The van der Waals surface area contributed by atoms with E-state index in [1.807, 2.05) is 31.2 Å². The molecule has 7 nitrogen and oxygen atoms in total. The van der Waals surface area contributed by atoms with Crippen molar-refractivity contribution in [2.75, 3.05) is 11.9 Å². The summed E-state index contributed by atoms with van der Waals surface area (Å²) in [5, 5.41) is 2.82. The van der Waals surface area contributed by atoms with E-state index in [1.54, 1.807) is 46.1 Å². The highest BCUT2D eigenvalue weighted by atomic mass is 32.1. The Morgan fingerprint density at radius 2 is 1.94 bits per heavy atom. The molecule has 1 N–H and O–H groups in total. The third-order valence-electron chi connectivity index (χ3n) is 5.77. The van der Waals surface area contributed by atoms with Crippen molar-refractivity contribution in [3.05, 3.63) is 86.8 Å². The maximum absolute atomic E-state index is 12.7. The number of anilines is 1. The van der Waals surface area contributed by atoms with Crippen LogP contribution < -0.4 is 20.3 Å². The van der Waals surface area contributed by atoms with Gasteiger partial charge < -0.3 is 14.8 Å². The zero-order valence-corrected chi connectivity index (χ0v) is 19.7. The molecular formula is C26H25N3O4S. The summed E-state index contributed by atoms with van der Waals surface area (Å²) in [6.45, 7) is 2.01. The molecule has 4 aromatic rings. The van der Waals surface area contributed by atoms with E-state index < -0.39 is 0 Å². The van der Waals surface area contributed by atoms with Crippen LogP contribution in [0, 0.1) is 6.92 Å².